The average molecular weight is 594 g/mol. The van der Waals surface area contributed by atoms with Crippen molar-refractivity contribution in [2.45, 2.75) is 76.2 Å². The van der Waals surface area contributed by atoms with Crippen LogP contribution in [-0.4, -0.2) is 31.1 Å². The number of alkyl halides is 3. The molecule has 1 saturated heterocycles. The predicted molar refractivity (Wildman–Crippen MR) is 161 cm³/mol. The summed E-state index contributed by atoms with van der Waals surface area (Å²) in [4.78, 5) is 26.0. The number of hydrogen-bond donors (Lipinski definition) is 3. The highest BCUT2D eigenvalue weighted by molar-refractivity contribution is 5.93. The van der Waals surface area contributed by atoms with E-state index in [0.29, 0.717) is 30.9 Å². The summed E-state index contributed by atoms with van der Waals surface area (Å²) in [5, 5.41) is 9.99. The predicted octanol–water partition coefficient (Wildman–Crippen LogP) is 7.45. The van der Waals surface area contributed by atoms with Crippen molar-refractivity contribution >= 4 is 23.3 Å². The van der Waals surface area contributed by atoms with Crippen LogP contribution in [-0.2, 0) is 22.1 Å². The van der Waals surface area contributed by atoms with E-state index in [2.05, 4.69) is 16.0 Å². The van der Waals surface area contributed by atoms with E-state index in [1.165, 1.54) is 39.0 Å². The Morgan fingerprint density at radius 1 is 0.930 bits per heavy atom. The molecule has 228 valence electrons. The average Bonchev–Trinajstić information content (AvgIpc) is 3.51. The summed E-state index contributed by atoms with van der Waals surface area (Å²) >= 11 is 0. The number of carbonyl (C=O) groups is 2. The molecule has 1 saturated carbocycles. The fourth-order valence-corrected chi connectivity index (χ4v) is 6.38. The summed E-state index contributed by atoms with van der Waals surface area (Å²) in [5.74, 6) is -1.26. The number of rotatable bonds is 8. The third-order valence-corrected chi connectivity index (χ3v) is 8.68. The second-order valence-corrected chi connectivity index (χ2v) is 11.6. The number of hydrogen-bond acceptors (Lipinski definition) is 5. The number of piperidine rings is 1. The summed E-state index contributed by atoms with van der Waals surface area (Å²) < 4.78 is 45.6. The molecule has 3 unspecified atom stereocenters. The highest BCUT2D eigenvalue weighted by atomic mass is 19.4. The molecule has 3 aromatic carbocycles. The van der Waals surface area contributed by atoms with Crippen LogP contribution < -0.4 is 16.0 Å². The van der Waals surface area contributed by atoms with E-state index in [-0.39, 0.29) is 29.2 Å². The van der Waals surface area contributed by atoms with Gasteiger partial charge in [0.2, 0.25) is 5.91 Å². The zero-order valence-corrected chi connectivity index (χ0v) is 24.5. The second kappa shape index (κ2) is 13.2. The van der Waals surface area contributed by atoms with E-state index in [1.54, 1.807) is 12.1 Å². The topological polar surface area (TPSA) is 79.5 Å². The molecule has 3 aromatic rings. The van der Waals surface area contributed by atoms with Crippen LogP contribution in [0.15, 0.2) is 66.7 Å². The molecule has 2 fully saturated rings. The Kier molecular flexibility index (Phi) is 9.40. The van der Waals surface area contributed by atoms with Gasteiger partial charge in [-0.1, -0.05) is 49.2 Å². The van der Waals surface area contributed by atoms with Crippen LogP contribution in [0.4, 0.5) is 24.5 Å². The molecule has 1 amide bonds. The monoisotopic (exact) mass is 593 g/mol. The van der Waals surface area contributed by atoms with Gasteiger partial charge in [-0.05, 0) is 86.1 Å². The fourth-order valence-electron chi connectivity index (χ4n) is 6.38. The maximum absolute atomic E-state index is 13.6. The van der Waals surface area contributed by atoms with Crippen LogP contribution in [0.3, 0.4) is 0 Å². The van der Waals surface area contributed by atoms with Crippen molar-refractivity contribution < 1.29 is 27.5 Å². The summed E-state index contributed by atoms with van der Waals surface area (Å²) in [5.41, 5.74) is 2.75. The van der Waals surface area contributed by atoms with Crippen LogP contribution in [0.1, 0.15) is 77.2 Å². The molecule has 3 N–H and O–H groups in total. The zero-order valence-electron chi connectivity index (χ0n) is 24.5. The summed E-state index contributed by atoms with van der Waals surface area (Å²) in [7, 11) is 1.36. The Morgan fingerprint density at radius 2 is 1.63 bits per heavy atom. The van der Waals surface area contributed by atoms with Crippen molar-refractivity contribution in [3.63, 3.8) is 0 Å². The van der Waals surface area contributed by atoms with Crippen molar-refractivity contribution in [1.82, 2.24) is 5.32 Å². The summed E-state index contributed by atoms with van der Waals surface area (Å²) in [6.07, 6.45) is 1.97. The molecule has 3 atom stereocenters. The largest absolute Gasteiger partial charge is 0.465 e. The van der Waals surface area contributed by atoms with Gasteiger partial charge in [0.15, 0.2) is 0 Å². The maximum atomic E-state index is 13.6. The lowest BCUT2D eigenvalue weighted by Crippen LogP contribution is -2.46. The Balaban J connectivity index is 1.38. The first kappa shape index (κ1) is 30.6. The maximum Gasteiger partial charge on any atom is 0.416 e. The minimum absolute atomic E-state index is 0.0349. The minimum Gasteiger partial charge on any atom is -0.465 e. The van der Waals surface area contributed by atoms with Gasteiger partial charge in [-0.25, -0.2) is 4.79 Å². The smallest absolute Gasteiger partial charge is 0.416 e. The van der Waals surface area contributed by atoms with Crippen molar-refractivity contribution in [3.05, 3.63) is 94.5 Å². The highest BCUT2D eigenvalue weighted by Crippen LogP contribution is 2.36. The van der Waals surface area contributed by atoms with Crippen molar-refractivity contribution in [2.24, 2.45) is 5.92 Å². The van der Waals surface area contributed by atoms with Gasteiger partial charge in [0.1, 0.15) is 0 Å². The first-order valence-electron chi connectivity index (χ1n) is 14.9. The molecule has 9 heteroatoms. The minimum atomic E-state index is -4.51. The van der Waals surface area contributed by atoms with Crippen LogP contribution in [0.5, 0.6) is 0 Å². The number of carbonyl (C=O) groups excluding carboxylic acids is 2. The lowest BCUT2D eigenvalue weighted by molar-refractivity contribution is -0.138. The number of aryl methyl sites for hydroxylation is 1. The quantitative estimate of drug-likeness (QED) is 0.237. The SMILES string of the molecule is COC(=O)c1ccccc1CC1CCC(C(=O)Nc2ccc(C)c(C(F)(F)F)c2)C(c2ccc(NC3CCCC3)cc2)N1. The Bertz CT molecular complexity index is 1430. The van der Waals surface area contributed by atoms with Gasteiger partial charge in [-0.3, -0.25) is 4.79 Å². The molecule has 5 rings (SSSR count). The van der Waals surface area contributed by atoms with Crippen LogP contribution >= 0.6 is 0 Å². The van der Waals surface area contributed by atoms with Gasteiger partial charge in [0.25, 0.3) is 0 Å². The summed E-state index contributed by atoms with van der Waals surface area (Å²) in [6, 6.07) is 19.3. The molecule has 2 aliphatic rings. The number of anilines is 2. The molecule has 1 aliphatic heterocycles. The van der Waals surface area contributed by atoms with E-state index < -0.39 is 23.6 Å². The van der Waals surface area contributed by atoms with Crippen molar-refractivity contribution in [2.75, 3.05) is 17.7 Å². The van der Waals surface area contributed by atoms with Crippen LogP contribution in [0.25, 0.3) is 0 Å². The van der Waals surface area contributed by atoms with E-state index in [0.717, 1.165) is 35.7 Å². The number of nitrogens with one attached hydrogen (secondary N) is 3. The molecule has 0 spiro atoms. The van der Waals surface area contributed by atoms with Gasteiger partial charge in [-0.15, -0.1) is 0 Å². The number of benzene rings is 3. The molecular formula is C34H38F3N3O3. The van der Waals surface area contributed by atoms with E-state index in [4.69, 9.17) is 4.74 Å². The number of halogens is 3. The highest BCUT2D eigenvalue weighted by Gasteiger charge is 2.37. The van der Waals surface area contributed by atoms with E-state index in [9.17, 15) is 22.8 Å². The lowest BCUT2D eigenvalue weighted by Gasteiger charge is -2.37. The fraction of sp³-hybridized carbons (Fsp3) is 0.412. The second-order valence-electron chi connectivity index (χ2n) is 11.6. The Hall–Kier alpha value is -3.85. The third-order valence-electron chi connectivity index (χ3n) is 8.68. The number of amides is 1. The van der Waals surface area contributed by atoms with E-state index in [1.807, 2.05) is 36.4 Å². The van der Waals surface area contributed by atoms with Gasteiger partial charge < -0.3 is 20.7 Å². The summed E-state index contributed by atoms with van der Waals surface area (Å²) in [6.45, 7) is 1.40. The van der Waals surface area contributed by atoms with Crippen LogP contribution in [0.2, 0.25) is 0 Å². The van der Waals surface area contributed by atoms with Gasteiger partial charge >= 0.3 is 12.1 Å². The first-order chi connectivity index (χ1) is 20.6. The van der Waals surface area contributed by atoms with Crippen LogP contribution in [0, 0.1) is 12.8 Å². The molecule has 0 bridgehead atoms. The molecule has 6 nitrogen and oxygen atoms in total. The van der Waals surface area contributed by atoms with E-state index >= 15 is 0 Å². The molecule has 0 aromatic heterocycles. The van der Waals surface area contributed by atoms with Gasteiger partial charge in [0.05, 0.1) is 24.2 Å². The molecule has 43 heavy (non-hydrogen) atoms. The van der Waals surface area contributed by atoms with Crippen molar-refractivity contribution in [1.29, 1.82) is 0 Å². The van der Waals surface area contributed by atoms with Crippen molar-refractivity contribution in [3.8, 4) is 0 Å². The molecule has 1 aliphatic carbocycles. The molecule has 1 heterocycles. The zero-order chi connectivity index (χ0) is 30.6. The lowest BCUT2D eigenvalue weighted by atomic mass is 9.81. The number of esters is 1. The molecule has 0 radical (unpaired) electrons. The van der Waals surface area contributed by atoms with Gasteiger partial charge in [-0.2, -0.15) is 13.2 Å². The number of ether oxygens (including phenoxy) is 1. The Morgan fingerprint density at radius 3 is 2.33 bits per heavy atom. The normalized spacial score (nSPS) is 20.9. The number of methoxy groups -OCH3 is 1. The molecular weight excluding hydrogens is 555 g/mol. The first-order valence-corrected chi connectivity index (χ1v) is 14.9. The Labute approximate surface area is 250 Å². The van der Waals surface area contributed by atoms with Gasteiger partial charge in [0, 0.05) is 29.5 Å². The standard InChI is InChI=1S/C34H38F3N3O3/c1-21-11-14-27(20-30(21)34(35,36)37)40-32(41)29-18-17-26(19-23-7-3-6-10-28(23)33(42)43-2)39-31(29)22-12-15-25(16-13-22)38-24-8-4-5-9-24/h3,6-7,10-16,20,24,26,29,31,38-39H,4-5,8-9,17-19H2,1-2H3,(H,40,41). The third kappa shape index (κ3) is 7.39.